The first-order valence-corrected chi connectivity index (χ1v) is 5.28. The Balaban J connectivity index is 2.22. The molecule has 2 heteroatoms. The molecule has 0 spiro atoms. The van der Waals surface area contributed by atoms with Crippen LogP contribution in [0.2, 0.25) is 0 Å². The molecule has 2 nitrogen and oxygen atoms in total. The van der Waals surface area contributed by atoms with Crippen LogP contribution in [0.1, 0.15) is 18.9 Å². The maximum absolute atomic E-state index is 4.19. The molecule has 0 saturated carbocycles. The van der Waals surface area contributed by atoms with Gasteiger partial charge >= 0.3 is 0 Å². The summed E-state index contributed by atoms with van der Waals surface area (Å²) in [6, 6.07) is 10.3. The van der Waals surface area contributed by atoms with Gasteiger partial charge in [-0.15, -0.1) is 0 Å². The van der Waals surface area contributed by atoms with Gasteiger partial charge in [0.2, 0.25) is 0 Å². The van der Waals surface area contributed by atoms with Crippen molar-refractivity contribution in [3.8, 4) is 0 Å². The van der Waals surface area contributed by atoms with E-state index in [1.54, 1.807) is 0 Å². The van der Waals surface area contributed by atoms with Crippen LogP contribution >= 0.6 is 0 Å². The molecule has 0 heterocycles. The second-order valence-corrected chi connectivity index (χ2v) is 3.38. The zero-order valence-electron chi connectivity index (χ0n) is 9.24. The van der Waals surface area contributed by atoms with Crippen LogP contribution in [-0.4, -0.2) is 12.8 Å². The largest absolute Gasteiger partial charge is 0.307 e. The van der Waals surface area contributed by atoms with Gasteiger partial charge in [-0.05, 0) is 12.0 Å². The quantitative estimate of drug-likeness (QED) is 0.705. The molecule has 0 amide bonds. The van der Waals surface area contributed by atoms with Crippen LogP contribution in [0, 0.1) is 0 Å². The highest BCUT2D eigenvalue weighted by molar-refractivity contribution is 5.58. The van der Waals surface area contributed by atoms with Crippen LogP contribution in [0.3, 0.4) is 0 Å². The first-order valence-electron chi connectivity index (χ1n) is 5.28. The monoisotopic (exact) mass is 202 g/mol. The van der Waals surface area contributed by atoms with Crippen molar-refractivity contribution >= 4 is 6.21 Å². The Morgan fingerprint density at radius 1 is 1.40 bits per heavy atom. The highest BCUT2D eigenvalue weighted by Crippen LogP contribution is 1.98. The van der Waals surface area contributed by atoms with Gasteiger partial charge in [-0.1, -0.05) is 43.8 Å². The summed E-state index contributed by atoms with van der Waals surface area (Å²) in [4.78, 5) is 4.19. The predicted molar refractivity (Wildman–Crippen MR) is 66.1 cm³/mol. The van der Waals surface area contributed by atoms with Gasteiger partial charge in [0, 0.05) is 25.0 Å². The summed E-state index contributed by atoms with van der Waals surface area (Å²) >= 11 is 0. The van der Waals surface area contributed by atoms with Crippen LogP contribution < -0.4 is 5.32 Å². The molecule has 15 heavy (non-hydrogen) atoms. The third-order valence-electron chi connectivity index (χ3n) is 1.96. The summed E-state index contributed by atoms with van der Waals surface area (Å²) in [6.07, 6.45) is 2.84. The minimum absolute atomic E-state index is 0.741. The van der Waals surface area contributed by atoms with Crippen LogP contribution in [0.5, 0.6) is 0 Å². The van der Waals surface area contributed by atoms with E-state index in [0.717, 1.165) is 25.2 Å². The molecule has 1 N–H and O–H groups in total. The van der Waals surface area contributed by atoms with Crippen molar-refractivity contribution in [2.24, 2.45) is 4.99 Å². The summed E-state index contributed by atoms with van der Waals surface area (Å²) in [5.74, 6) is 0. The van der Waals surface area contributed by atoms with Gasteiger partial charge < -0.3 is 5.32 Å². The lowest BCUT2D eigenvalue weighted by Crippen LogP contribution is -2.15. The molecule has 0 aliphatic heterocycles. The smallest absolute Gasteiger partial charge is 0.0466 e. The zero-order valence-corrected chi connectivity index (χ0v) is 9.24. The fourth-order valence-electron chi connectivity index (χ4n) is 1.21. The lowest BCUT2D eigenvalue weighted by molar-refractivity contribution is 0.737. The van der Waals surface area contributed by atoms with Crippen LogP contribution in [0.4, 0.5) is 0 Å². The van der Waals surface area contributed by atoms with Crippen molar-refractivity contribution in [3.63, 3.8) is 0 Å². The topological polar surface area (TPSA) is 24.4 Å². The minimum atomic E-state index is 0.741. The molecule has 0 atom stereocenters. The third-order valence-corrected chi connectivity index (χ3v) is 1.96. The summed E-state index contributed by atoms with van der Waals surface area (Å²) in [5.41, 5.74) is 2.16. The lowest BCUT2D eigenvalue weighted by atomic mass is 10.2. The van der Waals surface area contributed by atoms with E-state index in [-0.39, 0.29) is 0 Å². The van der Waals surface area contributed by atoms with Crippen molar-refractivity contribution in [1.29, 1.82) is 0 Å². The minimum Gasteiger partial charge on any atom is -0.307 e. The zero-order chi connectivity index (χ0) is 10.9. The normalized spacial score (nSPS) is 10.7. The third kappa shape index (κ3) is 5.13. The SMILES string of the molecule is C=C(CNCc1ccccc1)N=CCC. The van der Waals surface area contributed by atoms with E-state index in [1.807, 2.05) is 24.4 Å². The van der Waals surface area contributed by atoms with E-state index in [4.69, 9.17) is 0 Å². The van der Waals surface area contributed by atoms with Crippen LogP contribution in [0.15, 0.2) is 47.6 Å². The average Bonchev–Trinajstić information content (AvgIpc) is 2.28. The highest BCUT2D eigenvalue weighted by atomic mass is 14.9. The van der Waals surface area contributed by atoms with E-state index < -0.39 is 0 Å². The maximum Gasteiger partial charge on any atom is 0.0466 e. The number of hydrogen-bond acceptors (Lipinski definition) is 2. The number of nitrogens with one attached hydrogen (secondary N) is 1. The van der Waals surface area contributed by atoms with Gasteiger partial charge in [-0.2, -0.15) is 0 Å². The predicted octanol–water partition coefficient (Wildman–Crippen LogP) is 2.77. The van der Waals surface area contributed by atoms with Gasteiger partial charge in [0.05, 0.1) is 0 Å². The lowest BCUT2D eigenvalue weighted by Gasteiger charge is -2.03. The van der Waals surface area contributed by atoms with Crippen molar-refractivity contribution in [2.45, 2.75) is 19.9 Å². The fraction of sp³-hybridized carbons (Fsp3) is 0.308. The first kappa shape index (κ1) is 11.7. The van der Waals surface area contributed by atoms with Crippen molar-refractivity contribution in [1.82, 2.24) is 5.32 Å². The Kier molecular flexibility index (Phi) is 5.41. The molecule has 1 rings (SSSR count). The Hall–Kier alpha value is -1.41. The van der Waals surface area contributed by atoms with E-state index in [1.165, 1.54) is 5.56 Å². The summed E-state index contributed by atoms with van der Waals surface area (Å²) in [7, 11) is 0. The Labute approximate surface area is 91.7 Å². The molecule has 1 aromatic rings. The number of benzene rings is 1. The van der Waals surface area contributed by atoms with Gasteiger partial charge in [-0.25, -0.2) is 0 Å². The average molecular weight is 202 g/mol. The molecular weight excluding hydrogens is 184 g/mol. The number of rotatable bonds is 6. The molecule has 0 bridgehead atoms. The summed E-state index contributed by atoms with van der Waals surface area (Å²) < 4.78 is 0. The maximum atomic E-state index is 4.19. The van der Waals surface area contributed by atoms with E-state index in [9.17, 15) is 0 Å². The van der Waals surface area contributed by atoms with Crippen molar-refractivity contribution in [3.05, 3.63) is 48.2 Å². The number of hydrogen-bond donors (Lipinski definition) is 1. The second kappa shape index (κ2) is 6.96. The molecule has 0 aliphatic carbocycles. The summed E-state index contributed by atoms with van der Waals surface area (Å²) in [6.45, 7) is 7.53. The van der Waals surface area contributed by atoms with Crippen LogP contribution in [0.25, 0.3) is 0 Å². The molecule has 0 unspecified atom stereocenters. The number of nitrogens with zero attached hydrogens (tertiary/aromatic N) is 1. The molecule has 0 aliphatic rings. The molecule has 0 radical (unpaired) electrons. The standard InChI is InChI=1S/C13H18N2/c1-3-9-15-12(2)10-14-11-13-7-5-4-6-8-13/h4-9,14H,2-3,10-11H2,1H3. The second-order valence-electron chi connectivity index (χ2n) is 3.38. The van der Waals surface area contributed by atoms with Gasteiger partial charge in [0.1, 0.15) is 0 Å². The molecule has 0 saturated heterocycles. The van der Waals surface area contributed by atoms with Gasteiger partial charge in [-0.3, -0.25) is 4.99 Å². The van der Waals surface area contributed by atoms with Crippen molar-refractivity contribution in [2.75, 3.05) is 6.54 Å². The molecule has 0 fully saturated rings. The van der Waals surface area contributed by atoms with E-state index in [2.05, 4.69) is 35.9 Å². The van der Waals surface area contributed by atoms with Crippen molar-refractivity contribution < 1.29 is 0 Å². The summed E-state index contributed by atoms with van der Waals surface area (Å²) in [5, 5.41) is 3.30. The van der Waals surface area contributed by atoms with Crippen LogP contribution in [-0.2, 0) is 6.54 Å². The molecular formula is C13H18N2. The van der Waals surface area contributed by atoms with E-state index >= 15 is 0 Å². The van der Waals surface area contributed by atoms with E-state index in [0.29, 0.717) is 0 Å². The first-order chi connectivity index (χ1) is 7.33. The molecule has 0 aromatic heterocycles. The Morgan fingerprint density at radius 3 is 2.80 bits per heavy atom. The molecule has 1 aromatic carbocycles. The molecule has 80 valence electrons. The Morgan fingerprint density at radius 2 is 2.13 bits per heavy atom. The van der Waals surface area contributed by atoms with Gasteiger partial charge in [0.15, 0.2) is 0 Å². The van der Waals surface area contributed by atoms with Gasteiger partial charge in [0.25, 0.3) is 0 Å². The Bertz CT molecular complexity index is 315. The number of aliphatic imine (C=N–C) groups is 1. The fourth-order valence-corrected chi connectivity index (χ4v) is 1.21. The highest BCUT2D eigenvalue weighted by Gasteiger charge is 1.91.